The Morgan fingerprint density at radius 3 is 2.61 bits per heavy atom. The van der Waals surface area contributed by atoms with Crippen LogP contribution in [-0.4, -0.2) is 25.6 Å². The molecule has 0 saturated heterocycles. The molecule has 0 radical (unpaired) electrons. The van der Waals surface area contributed by atoms with Crippen LogP contribution in [0.15, 0.2) is 35.6 Å². The Labute approximate surface area is 103 Å². The van der Waals surface area contributed by atoms with Crippen molar-refractivity contribution in [2.75, 3.05) is 0 Å². The van der Waals surface area contributed by atoms with E-state index in [1.807, 2.05) is 0 Å². The van der Waals surface area contributed by atoms with Crippen molar-refractivity contribution in [3.63, 3.8) is 0 Å². The van der Waals surface area contributed by atoms with Crippen LogP contribution in [0.25, 0.3) is 11.3 Å². The molecule has 18 heavy (non-hydrogen) atoms. The van der Waals surface area contributed by atoms with Crippen LogP contribution in [0.2, 0.25) is 0 Å². The Kier molecular flexibility index (Phi) is 3.18. The molecule has 6 heteroatoms. The first kappa shape index (κ1) is 12.0. The molecule has 0 saturated carbocycles. The third-order valence-corrected chi connectivity index (χ3v) is 2.55. The number of carbonyl (C=O) groups is 1. The van der Waals surface area contributed by atoms with Crippen LogP contribution in [-0.2, 0) is 6.54 Å². The van der Waals surface area contributed by atoms with Crippen LogP contribution in [0.4, 0.5) is 0 Å². The number of carboxylic acid groups (broad SMARTS) is 1. The summed E-state index contributed by atoms with van der Waals surface area (Å²) >= 11 is 0. The van der Waals surface area contributed by atoms with Gasteiger partial charge in [0.1, 0.15) is 0 Å². The molecule has 0 spiro atoms. The normalized spacial score (nSPS) is 10.3. The molecule has 0 fully saturated rings. The van der Waals surface area contributed by atoms with Crippen molar-refractivity contribution in [2.24, 2.45) is 0 Å². The fraction of sp³-hybridized carbons (Fsp3) is 0.167. The van der Waals surface area contributed by atoms with Gasteiger partial charge in [0, 0.05) is 24.5 Å². The van der Waals surface area contributed by atoms with Gasteiger partial charge in [-0.2, -0.15) is 0 Å². The molecular formula is C12H11N3O3. The molecule has 0 bridgehead atoms. The predicted molar refractivity (Wildman–Crippen MR) is 64.4 cm³/mol. The lowest BCUT2D eigenvalue weighted by Crippen LogP contribution is -2.27. The molecule has 0 amide bonds. The molecule has 2 heterocycles. The number of nitrogens with zero attached hydrogens (tertiary/aromatic N) is 3. The highest BCUT2D eigenvalue weighted by molar-refractivity contribution is 5.94. The second kappa shape index (κ2) is 4.79. The Bertz CT molecular complexity index is 635. The van der Waals surface area contributed by atoms with Gasteiger partial charge in [0.25, 0.3) is 5.56 Å². The summed E-state index contributed by atoms with van der Waals surface area (Å²) in [6.07, 6.45) is 4.40. The monoisotopic (exact) mass is 245 g/mol. The standard InChI is InChI=1S/C12H11N3O3/c1-2-15-7-14-10(8-3-5-13-6-4-8)9(11(15)16)12(17)18/h3-7H,2H2,1H3,(H,17,18). The summed E-state index contributed by atoms with van der Waals surface area (Å²) in [7, 11) is 0. The van der Waals surface area contributed by atoms with E-state index in [-0.39, 0.29) is 11.3 Å². The molecule has 0 unspecified atom stereocenters. The van der Waals surface area contributed by atoms with E-state index in [4.69, 9.17) is 5.11 Å². The molecule has 1 N–H and O–H groups in total. The van der Waals surface area contributed by atoms with Crippen molar-refractivity contribution in [1.29, 1.82) is 0 Å². The molecule has 6 nitrogen and oxygen atoms in total. The smallest absolute Gasteiger partial charge is 0.343 e. The Morgan fingerprint density at radius 1 is 1.39 bits per heavy atom. The molecule has 0 aliphatic carbocycles. The van der Waals surface area contributed by atoms with E-state index in [0.29, 0.717) is 12.1 Å². The zero-order chi connectivity index (χ0) is 13.1. The van der Waals surface area contributed by atoms with Crippen molar-refractivity contribution < 1.29 is 9.90 Å². The molecule has 92 valence electrons. The van der Waals surface area contributed by atoms with E-state index in [0.717, 1.165) is 0 Å². The van der Waals surface area contributed by atoms with Crippen molar-refractivity contribution in [3.05, 3.63) is 46.8 Å². The molecule has 0 aliphatic rings. The summed E-state index contributed by atoms with van der Waals surface area (Å²) in [4.78, 5) is 31.1. The second-order valence-electron chi connectivity index (χ2n) is 3.60. The molecular weight excluding hydrogens is 234 g/mol. The maximum Gasteiger partial charge on any atom is 0.343 e. The van der Waals surface area contributed by atoms with E-state index in [1.165, 1.54) is 23.3 Å². The van der Waals surface area contributed by atoms with Gasteiger partial charge < -0.3 is 5.11 Å². The number of hydrogen-bond donors (Lipinski definition) is 1. The van der Waals surface area contributed by atoms with Gasteiger partial charge in [0.05, 0.1) is 12.0 Å². The second-order valence-corrected chi connectivity index (χ2v) is 3.60. The van der Waals surface area contributed by atoms with Gasteiger partial charge in [0.15, 0.2) is 5.56 Å². The van der Waals surface area contributed by atoms with Gasteiger partial charge in [-0.1, -0.05) is 0 Å². The molecule has 2 aromatic heterocycles. The maximum absolute atomic E-state index is 12.0. The van der Waals surface area contributed by atoms with Gasteiger partial charge in [-0.25, -0.2) is 9.78 Å². The topological polar surface area (TPSA) is 85.1 Å². The summed E-state index contributed by atoms with van der Waals surface area (Å²) in [5, 5.41) is 9.16. The molecule has 0 aliphatic heterocycles. The zero-order valence-corrected chi connectivity index (χ0v) is 9.70. The lowest BCUT2D eigenvalue weighted by Gasteiger charge is -2.07. The maximum atomic E-state index is 12.0. The molecule has 0 atom stereocenters. The van der Waals surface area contributed by atoms with Crippen molar-refractivity contribution in [3.8, 4) is 11.3 Å². The number of aromatic nitrogens is 3. The summed E-state index contributed by atoms with van der Waals surface area (Å²) in [6.45, 7) is 2.13. The van der Waals surface area contributed by atoms with Crippen LogP contribution in [0, 0.1) is 0 Å². The fourth-order valence-electron chi connectivity index (χ4n) is 1.64. The number of hydrogen-bond acceptors (Lipinski definition) is 4. The van der Waals surface area contributed by atoms with Gasteiger partial charge in [0.2, 0.25) is 0 Å². The Hall–Kier alpha value is -2.50. The van der Waals surface area contributed by atoms with Crippen molar-refractivity contribution in [2.45, 2.75) is 13.5 Å². The number of aryl methyl sites for hydroxylation is 1. The van der Waals surface area contributed by atoms with E-state index in [2.05, 4.69) is 9.97 Å². The van der Waals surface area contributed by atoms with Gasteiger partial charge in [-0.15, -0.1) is 0 Å². The Balaban J connectivity index is 2.73. The fourth-order valence-corrected chi connectivity index (χ4v) is 1.64. The minimum atomic E-state index is -1.28. The highest BCUT2D eigenvalue weighted by Crippen LogP contribution is 2.17. The van der Waals surface area contributed by atoms with E-state index in [1.54, 1.807) is 19.1 Å². The highest BCUT2D eigenvalue weighted by atomic mass is 16.4. The first-order chi connectivity index (χ1) is 8.65. The SMILES string of the molecule is CCn1cnc(-c2ccncc2)c(C(=O)O)c1=O. The summed E-state index contributed by atoms with van der Waals surface area (Å²) in [5.74, 6) is -1.28. The van der Waals surface area contributed by atoms with Crippen molar-refractivity contribution >= 4 is 5.97 Å². The lowest BCUT2D eigenvalue weighted by atomic mass is 10.1. The van der Waals surface area contributed by atoms with Crippen molar-refractivity contribution in [1.82, 2.24) is 14.5 Å². The minimum Gasteiger partial charge on any atom is -0.477 e. The van der Waals surface area contributed by atoms with Crippen LogP contribution in [0.1, 0.15) is 17.3 Å². The Morgan fingerprint density at radius 2 is 2.06 bits per heavy atom. The van der Waals surface area contributed by atoms with Gasteiger partial charge in [-0.05, 0) is 19.1 Å². The quantitative estimate of drug-likeness (QED) is 0.872. The van der Waals surface area contributed by atoms with Gasteiger partial charge in [-0.3, -0.25) is 14.3 Å². The lowest BCUT2D eigenvalue weighted by molar-refractivity contribution is 0.0694. The van der Waals surface area contributed by atoms with Crippen LogP contribution >= 0.6 is 0 Å². The largest absolute Gasteiger partial charge is 0.477 e. The van der Waals surface area contributed by atoms with Crippen LogP contribution in [0.3, 0.4) is 0 Å². The number of carboxylic acids is 1. The summed E-state index contributed by atoms with van der Waals surface area (Å²) in [6, 6.07) is 3.23. The van der Waals surface area contributed by atoms with Crippen LogP contribution in [0.5, 0.6) is 0 Å². The highest BCUT2D eigenvalue weighted by Gasteiger charge is 2.19. The minimum absolute atomic E-state index is 0.166. The van der Waals surface area contributed by atoms with Crippen LogP contribution < -0.4 is 5.56 Å². The summed E-state index contributed by atoms with van der Waals surface area (Å²) in [5.41, 5.74) is -0.139. The number of aromatic carboxylic acids is 1. The first-order valence-electron chi connectivity index (χ1n) is 5.38. The zero-order valence-electron chi connectivity index (χ0n) is 9.70. The molecule has 0 aromatic carbocycles. The predicted octanol–water partition coefficient (Wildman–Crippen LogP) is 1.02. The molecule has 2 rings (SSSR count). The first-order valence-corrected chi connectivity index (χ1v) is 5.38. The average molecular weight is 245 g/mol. The number of rotatable bonds is 3. The average Bonchev–Trinajstić information content (AvgIpc) is 2.39. The van der Waals surface area contributed by atoms with E-state index in [9.17, 15) is 9.59 Å². The van der Waals surface area contributed by atoms with E-state index >= 15 is 0 Å². The summed E-state index contributed by atoms with van der Waals surface area (Å²) < 4.78 is 1.26. The van der Waals surface area contributed by atoms with Gasteiger partial charge >= 0.3 is 5.97 Å². The number of pyridine rings is 1. The van der Waals surface area contributed by atoms with E-state index < -0.39 is 11.5 Å². The third-order valence-electron chi connectivity index (χ3n) is 2.55. The molecule has 2 aromatic rings. The third kappa shape index (κ3) is 2.00.